The summed E-state index contributed by atoms with van der Waals surface area (Å²) < 4.78 is 0. The fourth-order valence-corrected chi connectivity index (χ4v) is 3.43. The molecule has 0 aromatic heterocycles. The number of unbranched alkanes of at least 4 members (excludes halogenated alkanes) is 1. The van der Waals surface area contributed by atoms with Crippen molar-refractivity contribution in [3.63, 3.8) is 0 Å². The van der Waals surface area contributed by atoms with Crippen LogP contribution in [0.2, 0.25) is 10.0 Å². The number of carboxylic acid groups (broad SMARTS) is 1. The van der Waals surface area contributed by atoms with Crippen molar-refractivity contribution in [2.45, 2.75) is 26.2 Å². The van der Waals surface area contributed by atoms with Gasteiger partial charge in [-0.25, -0.2) is 4.79 Å². The highest BCUT2D eigenvalue weighted by molar-refractivity contribution is 6.42. The van der Waals surface area contributed by atoms with E-state index in [1.807, 2.05) is 29.2 Å². The normalized spacial score (nSPS) is 13.4. The first-order valence-corrected chi connectivity index (χ1v) is 9.42. The van der Waals surface area contributed by atoms with Crippen LogP contribution in [0.25, 0.3) is 0 Å². The largest absolute Gasteiger partial charge is 0.754 e. The van der Waals surface area contributed by atoms with E-state index in [9.17, 15) is 15.1 Å². The number of halogens is 2. The van der Waals surface area contributed by atoms with Gasteiger partial charge >= 0.3 is 5.97 Å². The number of aliphatic carboxylic acids is 1. The second kappa shape index (κ2) is 8.21. The van der Waals surface area contributed by atoms with Crippen LogP contribution >= 0.6 is 23.2 Å². The molecule has 1 heterocycles. The molecule has 0 amide bonds. The smallest absolute Gasteiger partial charge is 0.353 e. The van der Waals surface area contributed by atoms with Gasteiger partial charge in [-0.1, -0.05) is 54.7 Å². The number of carbonyl (C=O) groups is 1. The van der Waals surface area contributed by atoms with Crippen LogP contribution in [0.4, 0.5) is 11.4 Å². The Hall–Kier alpha value is -2.21. The third-order valence-electron chi connectivity index (χ3n) is 4.46. The molecule has 0 radical (unpaired) electrons. The molecule has 0 unspecified atom stereocenters. The van der Waals surface area contributed by atoms with Crippen LogP contribution in [-0.4, -0.2) is 17.6 Å². The van der Waals surface area contributed by atoms with Gasteiger partial charge < -0.3 is 20.3 Å². The monoisotopic (exact) mass is 405 g/mol. The van der Waals surface area contributed by atoms with Crippen molar-refractivity contribution in [3.8, 4) is 0 Å². The molecule has 2 aromatic carbocycles. The highest BCUT2D eigenvalue weighted by atomic mass is 35.5. The Labute approximate surface area is 168 Å². The van der Waals surface area contributed by atoms with Gasteiger partial charge in [0.25, 0.3) is 0 Å². The lowest BCUT2D eigenvalue weighted by molar-refractivity contribution is -0.132. The van der Waals surface area contributed by atoms with Gasteiger partial charge in [0.2, 0.25) is 0 Å². The average molecular weight is 406 g/mol. The molecule has 1 aliphatic heterocycles. The van der Waals surface area contributed by atoms with Gasteiger partial charge in [-0.2, -0.15) is 0 Å². The van der Waals surface area contributed by atoms with Crippen LogP contribution < -0.4 is 9.96 Å². The molecule has 0 spiro atoms. The summed E-state index contributed by atoms with van der Waals surface area (Å²) in [6.45, 7) is 2.71. The Balaban J connectivity index is 1.97. The third-order valence-corrected chi connectivity index (χ3v) is 5.32. The van der Waals surface area contributed by atoms with E-state index in [0.717, 1.165) is 24.0 Å². The van der Waals surface area contributed by atoms with Gasteiger partial charge in [-0.05, 0) is 42.2 Å². The fraction of sp³-hybridized carbons (Fsp3) is 0.250. The summed E-state index contributed by atoms with van der Waals surface area (Å²) in [6.07, 6.45) is 3.75. The van der Waals surface area contributed by atoms with Crippen molar-refractivity contribution in [1.29, 1.82) is 0 Å². The second-order valence-corrected chi connectivity index (χ2v) is 7.16. The molecule has 0 atom stereocenters. The molecule has 1 aliphatic rings. The number of hydroxylamine groups is 1. The van der Waals surface area contributed by atoms with Crippen LogP contribution in [0.1, 0.15) is 30.9 Å². The van der Waals surface area contributed by atoms with Crippen molar-refractivity contribution in [2.75, 3.05) is 16.5 Å². The Morgan fingerprint density at radius 3 is 2.67 bits per heavy atom. The van der Waals surface area contributed by atoms with Crippen LogP contribution in [-0.2, 0) is 11.2 Å². The molecular weight excluding hydrogens is 387 g/mol. The molecule has 3 rings (SSSR count). The second-order valence-electron chi connectivity index (χ2n) is 6.37. The van der Waals surface area contributed by atoms with E-state index in [0.29, 0.717) is 39.4 Å². The molecule has 0 bridgehead atoms. The number of anilines is 2. The molecule has 27 heavy (non-hydrogen) atoms. The standard InChI is InChI=1S/C20H19Cl2N2O3/c1-2-3-9-23-12-18(20(25)26)24(27)17-11-13(7-8-16(17)23)10-14-5-4-6-15(21)19(14)22/h4-8,11-12H,2-3,9-10H2,1H3,(H,25,26)/q-1. The number of rotatable bonds is 6. The van der Waals surface area contributed by atoms with Crippen LogP contribution in [0.5, 0.6) is 0 Å². The number of hydrogen-bond acceptors (Lipinski definition) is 4. The van der Waals surface area contributed by atoms with Crippen molar-refractivity contribution in [3.05, 3.63) is 74.7 Å². The average Bonchev–Trinajstić information content (AvgIpc) is 2.65. The molecule has 7 heteroatoms. The fourth-order valence-electron chi connectivity index (χ4n) is 3.04. The van der Waals surface area contributed by atoms with Crippen molar-refractivity contribution in [1.82, 2.24) is 0 Å². The van der Waals surface area contributed by atoms with E-state index in [4.69, 9.17) is 23.2 Å². The predicted molar refractivity (Wildman–Crippen MR) is 110 cm³/mol. The minimum absolute atomic E-state index is 0.295. The van der Waals surface area contributed by atoms with E-state index in [1.54, 1.807) is 12.1 Å². The van der Waals surface area contributed by atoms with Crippen molar-refractivity contribution >= 4 is 40.5 Å². The molecule has 2 aromatic rings. The van der Waals surface area contributed by atoms with Crippen LogP contribution in [0.15, 0.2) is 48.3 Å². The van der Waals surface area contributed by atoms with E-state index in [2.05, 4.69) is 6.92 Å². The quantitative estimate of drug-likeness (QED) is 0.693. The summed E-state index contributed by atoms with van der Waals surface area (Å²) in [7, 11) is 0. The maximum Gasteiger partial charge on any atom is 0.353 e. The summed E-state index contributed by atoms with van der Waals surface area (Å²) in [5.74, 6) is -1.25. The predicted octanol–water partition coefficient (Wildman–Crippen LogP) is 5.43. The third kappa shape index (κ3) is 4.05. The number of hydrogen-bond donors (Lipinski definition) is 1. The topological polar surface area (TPSA) is 66.8 Å². The van der Waals surface area contributed by atoms with Crippen molar-refractivity contribution in [2.24, 2.45) is 0 Å². The highest BCUT2D eigenvalue weighted by Gasteiger charge is 2.23. The first-order valence-electron chi connectivity index (χ1n) is 8.67. The number of benzene rings is 2. The van der Waals surface area contributed by atoms with Crippen LogP contribution in [0.3, 0.4) is 0 Å². The molecule has 5 nitrogen and oxygen atoms in total. The Morgan fingerprint density at radius 1 is 1.19 bits per heavy atom. The zero-order valence-corrected chi connectivity index (χ0v) is 16.3. The molecule has 0 saturated carbocycles. The number of carboxylic acids is 1. The molecule has 142 valence electrons. The number of fused-ring (bicyclic) bond motifs is 1. The molecule has 0 aliphatic carbocycles. The molecule has 0 saturated heterocycles. The minimum atomic E-state index is -1.25. The summed E-state index contributed by atoms with van der Waals surface area (Å²) in [5.41, 5.74) is 2.41. The lowest BCUT2D eigenvalue weighted by Crippen LogP contribution is -2.32. The molecule has 1 N–H and O–H groups in total. The SMILES string of the molecule is CCCCN1C=C(C(=O)O)N([O-])c2cc(Cc3cccc(Cl)c3Cl)ccc21. The molecular formula is C20H19Cl2N2O3-. The molecule has 0 fully saturated rings. The summed E-state index contributed by atoms with van der Waals surface area (Å²) >= 11 is 12.3. The van der Waals surface area contributed by atoms with Gasteiger partial charge in [0.05, 0.1) is 21.4 Å². The minimum Gasteiger partial charge on any atom is -0.754 e. The zero-order chi connectivity index (χ0) is 19.6. The first-order chi connectivity index (χ1) is 12.9. The Morgan fingerprint density at radius 2 is 1.96 bits per heavy atom. The van der Waals surface area contributed by atoms with E-state index in [-0.39, 0.29) is 5.70 Å². The van der Waals surface area contributed by atoms with Crippen LogP contribution in [0, 0.1) is 5.21 Å². The Kier molecular flexibility index (Phi) is 5.95. The maximum absolute atomic E-state index is 12.6. The summed E-state index contributed by atoms with van der Waals surface area (Å²) in [6, 6.07) is 10.9. The zero-order valence-electron chi connectivity index (χ0n) is 14.8. The highest BCUT2D eigenvalue weighted by Crippen LogP contribution is 2.38. The van der Waals surface area contributed by atoms with Gasteiger partial charge in [-0.3, -0.25) is 0 Å². The lowest BCUT2D eigenvalue weighted by Gasteiger charge is -2.40. The lowest BCUT2D eigenvalue weighted by atomic mass is 10.0. The summed E-state index contributed by atoms with van der Waals surface area (Å²) in [4.78, 5) is 13.3. The summed E-state index contributed by atoms with van der Waals surface area (Å²) in [5, 5.41) is 23.4. The maximum atomic E-state index is 12.6. The van der Waals surface area contributed by atoms with Gasteiger partial charge in [0.1, 0.15) is 5.70 Å². The van der Waals surface area contributed by atoms with Gasteiger partial charge in [-0.15, -0.1) is 0 Å². The Bertz CT molecular complexity index is 899. The van der Waals surface area contributed by atoms with E-state index in [1.165, 1.54) is 6.20 Å². The first kappa shape index (κ1) is 19.5. The van der Waals surface area contributed by atoms with Gasteiger partial charge in [0.15, 0.2) is 0 Å². The van der Waals surface area contributed by atoms with E-state index >= 15 is 0 Å². The van der Waals surface area contributed by atoms with Crippen molar-refractivity contribution < 1.29 is 9.90 Å². The van der Waals surface area contributed by atoms with Gasteiger partial charge in [0, 0.05) is 12.7 Å². The van der Waals surface area contributed by atoms with E-state index < -0.39 is 5.97 Å². The number of nitrogens with zero attached hydrogens (tertiary/aromatic N) is 2.